The van der Waals surface area contributed by atoms with E-state index in [4.69, 9.17) is 11.6 Å². The molecule has 0 fully saturated rings. The van der Waals surface area contributed by atoms with Gasteiger partial charge in [-0.05, 0) is 12.1 Å². The number of carbonyl (C=O) groups excluding carboxylic acids is 1. The van der Waals surface area contributed by atoms with Crippen molar-refractivity contribution in [1.29, 1.82) is 0 Å². The van der Waals surface area contributed by atoms with Crippen LogP contribution in [0.15, 0.2) is 40.3 Å². The van der Waals surface area contributed by atoms with Gasteiger partial charge in [-0.2, -0.15) is 4.39 Å². The smallest absolute Gasteiger partial charge is 0.262 e. The van der Waals surface area contributed by atoms with Crippen LogP contribution in [-0.4, -0.2) is 5.91 Å². The molecule has 2 rings (SSSR count). The number of hydrogen-bond acceptors (Lipinski definition) is 2. The highest BCUT2D eigenvalue weighted by Crippen LogP contribution is 2.28. The van der Waals surface area contributed by atoms with Gasteiger partial charge in [-0.25, -0.2) is 0 Å². The van der Waals surface area contributed by atoms with Crippen molar-refractivity contribution in [2.45, 2.75) is 0 Å². The molecule has 0 bridgehead atoms. The lowest BCUT2D eigenvalue weighted by Crippen LogP contribution is -1.89. The Bertz CT molecular complexity index is 450. The molecule has 0 unspecified atom stereocenters. The summed E-state index contributed by atoms with van der Waals surface area (Å²) in [6.07, 6.45) is 0. The van der Waals surface area contributed by atoms with Crippen LogP contribution in [0.4, 0.5) is 4.39 Å². The van der Waals surface area contributed by atoms with Crippen LogP contribution in [0.2, 0.25) is 5.02 Å². The number of carbonyl (C=O) groups is 1. The molecule has 5 heteroatoms. The summed E-state index contributed by atoms with van der Waals surface area (Å²) in [6.45, 7) is 0. The maximum Gasteiger partial charge on any atom is 0.326 e. The van der Waals surface area contributed by atoms with E-state index in [-0.39, 0.29) is 5.70 Å². The van der Waals surface area contributed by atoms with Gasteiger partial charge in [0.15, 0.2) is 0 Å². The second-order valence-corrected chi connectivity index (χ2v) is 3.11. The quantitative estimate of drug-likeness (QED) is 0.703. The fourth-order valence-corrected chi connectivity index (χ4v) is 1.20. The van der Waals surface area contributed by atoms with Gasteiger partial charge in [0.1, 0.15) is 5.70 Å². The van der Waals surface area contributed by atoms with Gasteiger partial charge in [-0.1, -0.05) is 23.7 Å². The Kier molecular flexibility index (Phi) is 2.13. The minimum Gasteiger partial charge on any atom is -0.262 e. The Hall–Kier alpha value is -1.55. The third kappa shape index (κ3) is 1.44. The third-order valence-electron chi connectivity index (χ3n) is 1.75. The number of benzene rings is 1. The number of nitrogens with zero attached hydrogens (tertiary/aromatic N) is 2. The second kappa shape index (κ2) is 3.31. The van der Waals surface area contributed by atoms with Crippen molar-refractivity contribution in [3.05, 3.63) is 40.7 Å². The average Bonchev–Trinajstić information content (AvgIpc) is 2.50. The molecule has 14 heavy (non-hydrogen) atoms. The van der Waals surface area contributed by atoms with Crippen molar-refractivity contribution < 1.29 is 9.18 Å². The Labute approximate surface area is 83.9 Å². The van der Waals surface area contributed by atoms with Crippen LogP contribution in [0.3, 0.4) is 0 Å². The monoisotopic (exact) mass is 210 g/mol. The average molecular weight is 211 g/mol. The minimum atomic E-state index is -0.935. The van der Waals surface area contributed by atoms with Crippen molar-refractivity contribution >= 4 is 23.2 Å². The maximum atomic E-state index is 13.1. The van der Waals surface area contributed by atoms with Crippen LogP contribution in [0, 0.1) is 0 Å². The van der Waals surface area contributed by atoms with E-state index in [9.17, 15) is 9.18 Å². The topological polar surface area (TPSA) is 41.8 Å². The van der Waals surface area contributed by atoms with Gasteiger partial charge in [0.05, 0.1) is 0 Å². The summed E-state index contributed by atoms with van der Waals surface area (Å²) in [5, 5.41) is 7.07. The van der Waals surface area contributed by atoms with Gasteiger partial charge in [0.25, 0.3) is 0 Å². The standard InChI is InChI=1S/C9H4ClFN2O/c10-6-3-1-5(2-4-6)8-7(11)9(14)13-12-8/h1-4H. The molecule has 1 heterocycles. The molecule has 0 saturated carbocycles. The van der Waals surface area contributed by atoms with Gasteiger partial charge >= 0.3 is 5.91 Å². The molecule has 3 nitrogen and oxygen atoms in total. The van der Waals surface area contributed by atoms with E-state index >= 15 is 0 Å². The number of halogens is 2. The summed E-state index contributed by atoms with van der Waals surface area (Å²) in [4.78, 5) is 10.7. The molecule has 0 radical (unpaired) electrons. The first-order chi connectivity index (χ1) is 6.68. The Morgan fingerprint density at radius 2 is 1.79 bits per heavy atom. The first kappa shape index (κ1) is 9.02. The molecule has 70 valence electrons. The van der Waals surface area contributed by atoms with Crippen molar-refractivity contribution in [3.63, 3.8) is 0 Å². The van der Waals surface area contributed by atoms with Crippen LogP contribution in [0.25, 0.3) is 5.70 Å². The van der Waals surface area contributed by atoms with Crippen molar-refractivity contribution in [1.82, 2.24) is 0 Å². The van der Waals surface area contributed by atoms with Gasteiger partial charge in [0.2, 0.25) is 5.83 Å². The molecule has 0 saturated heterocycles. The van der Waals surface area contributed by atoms with E-state index in [1.807, 2.05) is 0 Å². The lowest BCUT2D eigenvalue weighted by molar-refractivity contribution is -0.115. The molecule has 1 aromatic rings. The molecule has 1 aromatic carbocycles. The molecule has 0 atom stereocenters. The lowest BCUT2D eigenvalue weighted by Gasteiger charge is -1.96. The van der Waals surface area contributed by atoms with Gasteiger partial charge < -0.3 is 0 Å². The summed E-state index contributed by atoms with van der Waals surface area (Å²) in [5.74, 6) is -1.86. The summed E-state index contributed by atoms with van der Waals surface area (Å²) in [6, 6.07) is 6.34. The Morgan fingerprint density at radius 1 is 1.14 bits per heavy atom. The van der Waals surface area contributed by atoms with Gasteiger partial charge in [0, 0.05) is 10.6 Å². The van der Waals surface area contributed by atoms with Crippen LogP contribution in [0.1, 0.15) is 5.56 Å². The molecule has 0 aromatic heterocycles. The summed E-state index contributed by atoms with van der Waals surface area (Å²) in [7, 11) is 0. The number of amides is 1. The van der Waals surface area contributed by atoms with Crippen LogP contribution in [-0.2, 0) is 4.79 Å². The molecule has 0 aliphatic carbocycles. The highest BCUT2D eigenvalue weighted by Gasteiger charge is 2.22. The molecular formula is C9H4ClFN2O. The Morgan fingerprint density at radius 3 is 2.29 bits per heavy atom. The normalized spacial score (nSPS) is 15.4. The molecule has 0 spiro atoms. The number of hydrogen-bond donors (Lipinski definition) is 0. The minimum absolute atomic E-state index is 0.0355. The predicted molar refractivity (Wildman–Crippen MR) is 49.3 cm³/mol. The summed E-state index contributed by atoms with van der Waals surface area (Å²) in [5.41, 5.74) is 0.452. The second-order valence-electron chi connectivity index (χ2n) is 2.67. The van der Waals surface area contributed by atoms with Crippen LogP contribution >= 0.6 is 11.6 Å². The zero-order valence-corrected chi connectivity index (χ0v) is 7.62. The Balaban J connectivity index is 2.46. The van der Waals surface area contributed by atoms with Gasteiger partial charge in [-0.15, -0.1) is 10.2 Å². The van der Waals surface area contributed by atoms with Crippen molar-refractivity contribution in [3.8, 4) is 0 Å². The molecule has 0 N–H and O–H groups in total. The number of rotatable bonds is 1. The van der Waals surface area contributed by atoms with E-state index in [1.165, 1.54) is 0 Å². The van der Waals surface area contributed by atoms with E-state index in [0.717, 1.165) is 0 Å². The maximum absolute atomic E-state index is 13.1. The van der Waals surface area contributed by atoms with Crippen LogP contribution in [0.5, 0.6) is 0 Å². The zero-order valence-electron chi connectivity index (χ0n) is 6.87. The first-order valence-corrected chi connectivity index (χ1v) is 4.18. The molecule has 1 aliphatic rings. The van der Waals surface area contributed by atoms with E-state index in [0.29, 0.717) is 10.6 Å². The SMILES string of the molecule is O=C1N=NC(c2ccc(Cl)cc2)=C1F. The fourth-order valence-electron chi connectivity index (χ4n) is 1.08. The van der Waals surface area contributed by atoms with Crippen molar-refractivity contribution in [2.24, 2.45) is 10.2 Å². The third-order valence-corrected chi connectivity index (χ3v) is 2.01. The lowest BCUT2D eigenvalue weighted by atomic mass is 10.1. The molecular weight excluding hydrogens is 207 g/mol. The highest BCUT2D eigenvalue weighted by atomic mass is 35.5. The summed E-state index contributed by atoms with van der Waals surface area (Å²) >= 11 is 5.65. The van der Waals surface area contributed by atoms with E-state index in [1.54, 1.807) is 24.3 Å². The highest BCUT2D eigenvalue weighted by molar-refractivity contribution is 6.30. The fraction of sp³-hybridized carbons (Fsp3) is 0. The largest absolute Gasteiger partial charge is 0.326 e. The van der Waals surface area contributed by atoms with E-state index in [2.05, 4.69) is 10.2 Å². The van der Waals surface area contributed by atoms with Crippen molar-refractivity contribution in [2.75, 3.05) is 0 Å². The molecule has 1 aliphatic heterocycles. The van der Waals surface area contributed by atoms with E-state index < -0.39 is 11.7 Å². The first-order valence-electron chi connectivity index (χ1n) is 3.80. The molecule has 1 amide bonds. The summed E-state index contributed by atoms with van der Waals surface area (Å²) < 4.78 is 13.1. The number of azo groups is 1. The predicted octanol–water partition coefficient (Wildman–Crippen LogP) is 2.97. The zero-order chi connectivity index (χ0) is 10.1. The van der Waals surface area contributed by atoms with Crippen LogP contribution < -0.4 is 0 Å². The van der Waals surface area contributed by atoms with Gasteiger partial charge in [-0.3, -0.25) is 4.79 Å².